The van der Waals surface area contributed by atoms with E-state index in [4.69, 9.17) is 16.3 Å². The first-order chi connectivity index (χ1) is 15.2. The lowest BCUT2D eigenvalue weighted by molar-refractivity contribution is 0.216. The first kappa shape index (κ1) is 22.3. The van der Waals surface area contributed by atoms with Crippen LogP contribution in [-0.2, 0) is 13.6 Å². The molecule has 4 rings (SSSR count). The van der Waals surface area contributed by atoms with Crippen molar-refractivity contribution in [3.63, 3.8) is 0 Å². The van der Waals surface area contributed by atoms with Crippen molar-refractivity contribution in [3.8, 4) is 17.0 Å². The highest BCUT2D eigenvalue weighted by Gasteiger charge is 2.27. The topological polar surface area (TPSA) is 78.1 Å². The van der Waals surface area contributed by atoms with Gasteiger partial charge in [0.05, 0.1) is 24.1 Å². The Morgan fingerprint density at radius 1 is 1.31 bits per heavy atom. The number of pyridine rings is 1. The third-order valence-electron chi connectivity index (χ3n) is 5.81. The molecule has 0 spiro atoms. The minimum Gasteiger partial charge on any atom is -0.472 e. The fourth-order valence-electron chi connectivity index (χ4n) is 4.19. The van der Waals surface area contributed by atoms with Gasteiger partial charge in [-0.05, 0) is 31.4 Å². The third-order valence-corrected chi connectivity index (χ3v) is 6.17. The molecule has 0 N–H and O–H groups in total. The molecule has 1 aliphatic heterocycles. The van der Waals surface area contributed by atoms with Gasteiger partial charge in [0, 0.05) is 50.1 Å². The van der Waals surface area contributed by atoms with E-state index in [-0.39, 0.29) is 16.7 Å². The highest BCUT2D eigenvalue weighted by Crippen LogP contribution is 2.30. The summed E-state index contributed by atoms with van der Waals surface area (Å²) in [5.41, 5.74) is 4.62. The maximum absolute atomic E-state index is 12.6. The van der Waals surface area contributed by atoms with Gasteiger partial charge in [0.15, 0.2) is 0 Å². The van der Waals surface area contributed by atoms with Crippen molar-refractivity contribution in [1.29, 1.82) is 0 Å². The molecule has 1 atom stereocenters. The Balaban J connectivity index is 1.49. The molecule has 1 fully saturated rings. The summed E-state index contributed by atoms with van der Waals surface area (Å²) < 4.78 is 9.51. The Morgan fingerprint density at radius 3 is 2.78 bits per heavy atom. The summed E-state index contributed by atoms with van der Waals surface area (Å²) in [6.45, 7) is 10.0. The summed E-state index contributed by atoms with van der Waals surface area (Å²) in [6, 6.07) is 3.93. The molecular weight excluding hydrogens is 428 g/mol. The molecule has 0 aromatic carbocycles. The minimum absolute atomic E-state index is 0.0528. The molecule has 1 saturated heterocycles. The van der Waals surface area contributed by atoms with E-state index in [1.807, 2.05) is 44.6 Å². The van der Waals surface area contributed by atoms with Crippen molar-refractivity contribution >= 4 is 17.3 Å². The molecule has 3 aromatic rings. The van der Waals surface area contributed by atoms with Gasteiger partial charge in [-0.15, -0.1) is 0 Å². The van der Waals surface area contributed by atoms with Gasteiger partial charge < -0.3 is 9.64 Å². The van der Waals surface area contributed by atoms with E-state index in [2.05, 4.69) is 27.0 Å². The lowest BCUT2D eigenvalue weighted by Gasteiger charge is -2.20. The van der Waals surface area contributed by atoms with Crippen LogP contribution in [0.3, 0.4) is 0 Å². The molecule has 1 aliphatic rings. The Labute approximate surface area is 192 Å². The molecule has 0 saturated carbocycles. The zero-order valence-electron chi connectivity index (χ0n) is 19.2. The number of aromatic nitrogens is 5. The SMILES string of the molecule is Cc1nn(C)c(C)c1-c1ccnc(O[C@@H]2CCN(c3cnn(CC(C)C)c(=O)c3Cl)C2)c1. The average Bonchev–Trinajstić information content (AvgIpc) is 3.29. The summed E-state index contributed by atoms with van der Waals surface area (Å²) in [4.78, 5) is 19.0. The van der Waals surface area contributed by atoms with Gasteiger partial charge in [-0.3, -0.25) is 9.48 Å². The third kappa shape index (κ3) is 4.37. The van der Waals surface area contributed by atoms with Crippen LogP contribution >= 0.6 is 11.6 Å². The number of ether oxygens (including phenoxy) is 1. The molecule has 8 nitrogen and oxygen atoms in total. The molecule has 4 heterocycles. The minimum atomic E-state index is -0.251. The number of hydrogen-bond acceptors (Lipinski definition) is 6. The van der Waals surface area contributed by atoms with Crippen LogP contribution in [0.4, 0.5) is 5.69 Å². The van der Waals surface area contributed by atoms with Crippen LogP contribution < -0.4 is 15.2 Å². The van der Waals surface area contributed by atoms with Crippen molar-refractivity contribution < 1.29 is 4.74 Å². The van der Waals surface area contributed by atoms with Gasteiger partial charge in [0.2, 0.25) is 5.88 Å². The van der Waals surface area contributed by atoms with Crippen molar-refractivity contribution in [2.24, 2.45) is 13.0 Å². The van der Waals surface area contributed by atoms with Crippen LogP contribution in [0, 0.1) is 19.8 Å². The second-order valence-corrected chi connectivity index (χ2v) is 9.13. The van der Waals surface area contributed by atoms with Gasteiger partial charge >= 0.3 is 0 Å². The van der Waals surface area contributed by atoms with E-state index < -0.39 is 0 Å². The zero-order valence-corrected chi connectivity index (χ0v) is 19.9. The summed E-state index contributed by atoms with van der Waals surface area (Å²) in [6.07, 6.45) is 4.20. The Morgan fingerprint density at radius 2 is 2.09 bits per heavy atom. The summed E-state index contributed by atoms with van der Waals surface area (Å²) in [5, 5.41) is 9.03. The molecule has 0 amide bonds. The lowest BCUT2D eigenvalue weighted by atomic mass is 10.1. The van der Waals surface area contributed by atoms with Gasteiger partial charge in [0.25, 0.3) is 5.56 Å². The predicted octanol–water partition coefficient (Wildman–Crippen LogP) is 3.62. The summed E-state index contributed by atoms with van der Waals surface area (Å²) in [7, 11) is 1.94. The molecule has 9 heteroatoms. The van der Waals surface area contributed by atoms with Crippen molar-refractivity contribution in [3.05, 3.63) is 51.3 Å². The molecule has 0 bridgehead atoms. The number of halogens is 1. The predicted molar refractivity (Wildman–Crippen MR) is 126 cm³/mol. The smallest absolute Gasteiger partial charge is 0.287 e. The molecule has 3 aromatic heterocycles. The number of hydrogen-bond donors (Lipinski definition) is 0. The highest BCUT2D eigenvalue weighted by atomic mass is 35.5. The second kappa shape index (κ2) is 8.94. The van der Waals surface area contributed by atoms with Crippen LogP contribution in [0.5, 0.6) is 5.88 Å². The standard InChI is InChI=1S/C23H29ClN6O2/c1-14(2)12-30-23(31)22(24)19(11-26-30)29-9-7-18(13-29)32-20-10-17(6-8-25-20)21-15(3)27-28(5)16(21)4/h6,8,10-11,14,18H,7,9,12-13H2,1-5H3/t18-/m1/s1. The lowest BCUT2D eigenvalue weighted by Crippen LogP contribution is -2.30. The number of anilines is 1. The quantitative estimate of drug-likeness (QED) is 0.563. The van der Waals surface area contributed by atoms with Gasteiger partial charge in [0.1, 0.15) is 11.1 Å². The van der Waals surface area contributed by atoms with Crippen LogP contribution in [0.1, 0.15) is 31.7 Å². The summed E-state index contributed by atoms with van der Waals surface area (Å²) in [5.74, 6) is 0.891. The molecular formula is C23H29ClN6O2. The van der Waals surface area contributed by atoms with Crippen LogP contribution in [-0.4, -0.2) is 43.7 Å². The highest BCUT2D eigenvalue weighted by molar-refractivity contribution is 6.33. The average molecular weight is 457 g/mol. The monoisotopic (exact) mass is 456 g/mol. The van der Waals surface area contributed by atoms with Crippen molar-refractivity contribution in [1.82, 2.24) is 24.5 Å². The summed E-state index contributed by atoms with van der Waals surface area (Å²) >= 11 is 6.41. The molecule has 0 radical (unpaired) electrons. The fourth-order valence-corrected chi connectivity index (χ4v) is 4.45. The van der Waals surface area contributed by atoms with E-state index in [9.17, 15) is 4.79 Å². The molecule has 170 valence electrons. The first-order valence-electron chi connectivity index (χ1n) is 10.9. The molecule has 0 aliphatic carbocycles. The Kier molecular flexibility index (Phi) is 6.24. The zero-order chi connectivity index (χ0) is 23.0. The van der Waals surface area contributed by atoms with Gasteiger partial charge in [-0.2, -0.15) is 10.2 Å². The number of rotatable bonds is 6. The van der Waals surface area contributed by atoms with Crippen LogP contribution in [0.25, 0.3) is 11.1 Å². The van der Waals surface area contributed by atoms with E-state index in [1.165, 1.54) is 4.68 Å². The van der Waals surface area contributed by atoms with Gasteiger partial charge in [-0.1, -0.05) is 25.4 Å². The van der Waals surface area contributed by atoms with E-state index in [0.717, 1.165) is 35.5 Å². The normalized spacial score (nSPS) is 16.2. The van der Waals surface area contributed by atoms with Crippen molar-refractivity contribution in [2.75, 3.05) is 18.0 Å². The van der Waals surface area contributed by atoms with E-state index in [0.29, 0.717) is 30.6 Å². The first-order valence-corrected chi connectivity index (χ1v) is 11.3. The maximum Gasteiger partial charge on any atom is 0.287 e. The Hall–Kier alpha value is -2.87. The van der Waals surface area contributed by atoms with E-state index >= 15 is 0 Å². The molecule has 0 unspecified atom stereocenters. The van der Waals surface area contributed by atoms with Crippen LogP contribution in [0.15, 0.2) is 29.3 Å². The number of aryl methyl sites for hydroxylation is 2. The van der Waals surface area contributed by atoms with Crippen LogP contribution in [0.2, 0.25) is 5.02 Å². The van der Waals surface area contributed by atoms with Gasteiger partial charge in [-0.25, -0.2) is 9.67 Å². The Bertz CT molecular complexity index is 1190. The molecule has 32 heavy (non-hydrogen) atoms. The second-order valence-electron chi connectivity index (χ2n) is 8.75. The van der Waals surface area contributed by atoms with Crippen molar-refractivity contribution in [2.45, 2.75) is 46.8 Å². The largest absolute Gasteiger partial charge is 0.472 e. The fraction of sp³-hybridized carbons (Fsp3) is 0.478. The maximum atomic E-state index is 12.6. The van der Waals surface area contributed by atoms with E-state index in [1.54, 1.807) is 12.4 Å². The number of nitrogens with zero attached hydrogens (tertiary/aromatic N) is 6.